The van der Waals surface area contributed by atoms with Crippen LogP contribution in [0, 0.1) is 19.8 Å². The largest absolute Gasteiger partial charge is 0.464 e. The number of sulfonamides is 1. The van der Waals surface area contributed by atoms with Crippen LogP contribution in [0.15, 0.2) is 39.6 Å². The van der Waals surface area contributed by atoms with E-state index < -0.39 is 10.0 Å². The van der Waals surface area contributed by atoms with Crippen LogP contribution in [0.2, 0.25) is 0 Å². The topological polar surface area (TPSA) is 93.6 Å². The molecule has 7 heteroatoms. The molecule has 140 valence electrons. The molecule has 0 bridgehead atoms. The summed E-state index contributed by atoms with van der Waals surface area (Å²) in [5.74, 6) is 0.656. The summed E-state index contributed by atoms with van der Waals surface area (Å²) in [4.78, 5) is 14.4. The number of furan rings is 1. The van der Waals surface area contributed by atoms with Crippen molar-refractivity contribution in [3.63, 3.8) is 0 Å². The standard InChI is InChI=1S/C19H24N2O4S/c1-13-17(18(14(2)25-13)26(20,23)24)19(22)21-10-8-16(9-11-21)12-15-6-4-3-5-7-15/h3-7,16H,8-12H2,1-2H3,(H2,20,23,24). The van der Waals surface area contributed by atoms with Crippen molar-refractivity contribution in [3.05, 3.63) is 53.0 Å². The third-order valence-electron chi connectivity index (χ3n) is 4.97. The maximum absolute atomic E-state index is 12.9. The highest BCUT2D eigenvalue weighted by molar-refractivity contribution is 7.89. The first kappa shape index (κ1) is 18.7. The predicted molar refractivity (Wildman–Crippen MR) is 98.3 cm³/mol. The fraction of sp³-hybridized carbons (Fsp3) is 0.421. The molecule has 1 aromatic heterocycles. The lowest BCUT2D eigenvalue weighted by Gasteiger charge is -2.32. The monoisotopic (exact) mass is 376 g/mol. The molecule has 6 nitrogen and oxygen atoms in total. The van der Waals surface area contributed by atoms with E-state index in [0.29, 0.717) is 24.8 Å². The van der Waals surface area contributed by atoms with Gasteiger partial charge in [-0.25, -0.2) is 13.6 Å². The Morgan fingerprint density at radius 3 is 2.35 bits per heavy atom. The number of piperidine rings is 1. The molecule has 0 atom stereocenters. The fourth-order valence-electron chi connectivity index (χ4n) is 3.70. The summed E-state index contributed by atoms with van der Waals surface area (Å²) in [6.45, 7) is 4.31. The summed E-state index contributed by atoms with van der Waals surface area (Å²) in [5, 5.41) is 5.29. The van der Waals surface area contributed by atoms with E-state index in [4.69, 9.17) is 9.56 Å². The molecule has 2 heterocycles. The smallest absolute Gasteiger partial charge is 0.258 e. The fourth-order valence-corrected chi connectivity index (χ4v) is 4.66. The number of rotatable bonds is 4. The first-order valence-corrected chi connectivity index (χ1v) is 10.3. The van der Waals surface area contributed by atoms with Gasteiger partial charge in [-0.3, -0.25) is 4.79 Å². The highest BCUT2D eigenvalue weighted by atomic mass is 32.2. The number of hydrogen-bond donors (Lipinski definition) is 1. The summed E-state index contributed by atoms with van der Waals surface area (Å²) in [6, 6.07) is 10.3. The minimum absolute atomic E-state index is 0.0755. The SMILES string of the molecule is Cc1oc(C)c(S(N)(=O)=O)c1C(=O)N1CCC(Cc2ccccc2)CC1. The Bertz CT molecular complexity index is 895. The molecule has 0 unspecified atom stereocenters. The van der Waals surface area contributed by atoms with Crippen LogP contribution in [-0.2, 0) is 16.4 Å². The molecule has 1 aliphatic rings. The second-order valence-electron chi connectivity index (χ2n) is 6.89. The highest BCUT2D eigenvalue weighted by Crippen LogP contribution is 2.29. The number of primary sulfonamides is 1. The van der Waals surface area contributed by atoms with Crippen molar-refractivity contribution in [2.24, 2.45) is 11.1 Å². The van der Waals surface area contributed by atoms with Gasteiger partial charge in [-0.1, -0.05) is 30.3 Å². The lowest BCUT2D eigenvalue weighted by Crippen LogP contribution is -2.39. The quantitative estimate of drug-likeness (QED) is 0.887. The molecule has 0 saturated carbocycles. The van der Waals surface area contributed by atoms with Gasteiger partial charge in [0.2, 0.25) is 10.0 Å². The van der Waals surface area contributed by atoms with Crippen LogP contribution in [0.25, 0.3) is 0 Å². The molecular weight excluding hydrogens is 352 g/mol. The van der Waals surface area contributed by atoms with Crippen LogP contribution < -0.4 is 5.14 Å². The van der Waals surface area contributed by atoms with Crippen LogP contribution in [-0.4, -0.2) is 32.3 Å². The van der Waals surface area contributed by atoms with Gasteiger partial charge in [0.15, 0.2) is 0 Å². The normalized spacial score (nSPS) is 16.0. The van der Waals surface area contributed by atoms with E-state index in [1.165, 1.54) is 12.5 Å². The number of nitrogens with two attached hydrogens (primary N) is 1. The van der Waals surface area contributed by atoms with Gasteiger partial charge < -0.3 is 9.32 Å². The van der Waals surface area contributed by atoms with E-state index in [0.717, 1.165) is 19.3 Å². The molecule has 2 aromatic rings. The van der Waals surface area contributed by atoms with Crippen LogP contribution in [0.1, 0.15) is 40.3 Å². The number of hydrogen-bond acceptors (Lipinski definition) is 4. The van der Waals surface area contributed by atoms with Gasteiger partial charge in [-0.15, -0.1) is 0 Å². The van der Waals surface area contributed by atoms with E-state index >= 15 is 0 Å². The number of likely N-dealkylation sites (tertiary alicyclic amines) is 1. The zero-order valence-electron chi connectivity index (χ0n) is 15.1. The average Bonchev–Trinajstić information content (AvgIpc) is 2.90. The molecule has 26 heavy (non-hydrogen) atoms. The molecule has 1 aromatic carbocycles. The molecule has 1 aliphatic heterocycles. The van der Waals surface area contributed by atoms with Crippen LogP contribution in [0.3, 0.4) is 0 Å². The number of carbonyl (C=O) groups is 1. The Balaban J connectivity index is 1.72. The predicted octanol–water partition coefficient (Wildman–Crippen LogP) is 2.64. The second-order valence-corrected chi connectivity index (χ2v) is 8.39. The number of benzene rings is 1. The maximum atomic E-state index is 12.9. The zero-order chi connectivity index (χ0) is 18.9. The van der Waals surface area contributed by atoms with Crippen LogP contribution >= 0.6 is 0 Å². The second kappa shape index (κ2) is 7.25. The van der Waals surface area contributed by atoms with E-state index in [1.54, 1.807) is 11.8 Å². The van der Waals surface area contributed by atoms with Crippen molar-refractivity contribution in [1.82, 2.24) is 4.90 Å². The van der Waals surface area contributed by atoms with Crippen molar-refractivity contribution in [3.8, 4) is 0 Å². The number of carbonyl (C=O) groups excluding carboxylic acids is 1. The molecule has 1 fully saturated rings. The number of nitrogens with zero attached hydrogens (tertiary/aromatic N) is 1. The molecule has 1 saturated heterocycles. The summed E-state index contributed by atoms with van der Waals surface area (Å²) in [6.07, 6.45) is 2.78. The molecular formula is C19H24N2O4S. The first-order valence-electron chi connectivity index (χ1n) is 8.73. The summed E-state index contributed by atoms with van der Waals surface area (Å²) >= 11 is 0. The van der Waals surface area contributed by atoms with Crippen LogP contribution in [0.4, 0.5) is 0 Å². The Hall–Kier alpha value is -2.12. The summed E-state index contributed by atoms with van der Waals surface area (Å²) in [5.41, 5.74) is 1.38. The Morgan fingerprint density at radius 2 is 1.77 bits per heavy atom. The molecule has 0 radical (unpaired) electrons. The van der Waals surface area contributed by atoms with Gasteiger partial charge in [-0.05, 0) is 44.6 Å². The lowest BCUT2D eigenvalue weighted by atomic mass is 9.90. The molecule has 0 spiro atoms. The third kappa shape index (κ3) is 3.83. The first-order chi connectivity index (χ1) is 12.3. The van der Waals surface area contributed by atoms with Gasteiger partial charge in [0.05, 0.1) is 0 Å². The molecule has 0 aliphatic carbocycles. The van der Waals surface area contributed by atoms with E-state index in [1.807, 2.05) is 18.2 Å². The lowest BCUT2D eigenvalue weighted by molar-refractivity contribution is 0.0685. The van der Waals surface area contributed by atoms with Gasteiger partial charge in [-0.2, -0.15) is 0 Å². The average molecular weight is 376 g/mol. The van der Waals surface area contributed by atoms with Crippen molar-refractivity contribution in [1.29, 1.82) is 0 Å². The number of amides is 1. The van der Waals surface area contributed by atoms with E-state index in [9.17, 15) is 13.2 Å². The van der Waals surface area contributed by atoms with Gasteiger partial charge >= 0.3 is 0 Å². The Morgan fingerprint density at radius 1 is 1.15 bits per heavy atom. The minimum Gasteiger partial charge on any atom is -0.464 e. The summed E-state index contributed by atoms with van der Waals surface area (Å²) in [7, 11) is -4.02. The van der Waals surface area contributed by atoms with Gasteiger partial charge in [0, 0.05) is 13.1 Å². The van der Waals surface area contributed by atoms with E-state index in [-0.39, 0.29) is 22.1 Å². The highest BCUT2D eigenvalue weighted by Gasteiger charge is 2.32. The maximum Gasteiger partial charge on any atom is 0.258 e. The van der Waals surface area contributed by atoms with Gasteiger partial charge in [0.1, 0.15) is 22.0 Å². The zero-order valence-corrected chi connectivity index (χ0v) is 15.9. The minimum atomic E-state index is -4.02. The van der Waals surface area contributed by atoms with Crippen molar-refractivity contribution >= 4 is 15.9 Å². The molecule has 2 N–H and O–H groups in total. The van der Waals surface area contributed by atoms with Crippen molar-refractivity contribution in [2.45, 2.75) is 38.0 Å². The third-order valence-corrected chi connectivity index (χ3v) is 6.03. The molecule has 3 rings (SSSR count). The molecule has 1 amide bonds. The van der Waals surface area contributed by atoms with Crippen molar-refractivity contribution in [2.75, 3.05) is 13.1 Å². The van der Waals surface area contributed by atoms with E-state index in [2.05, 4.69) is 12.1 Å². The number of aryl methyl sites for hydroxylation is 2. The summed E-state index contributed by atoms with van der Waals surface area (Å²) < 4.78 is 29.1. The Kier molecular flexibility index (Phi) is 5.20. The Labute approximate surface area is 154 Å². The van der Waals surface area contributed by atoms with Crippen LogP contribution in [0.5, 0.6) is 0 Å². The van der Waals surface area contributed by atoms with Gasteiger partial charge in [0.25, 0.3) is 5.91 Å². The van der Waals surface area contributed by atoms with Crippen molar-refractivity contribution < 1.29 is 17.6 Å².